The summed E-state index contributed by atoms with van der Waals surface area (Å²) in [5, 5.41) is 0. The van der Waals surface area contributed by atoms with Gasteiger partial charge in [0.05, 0.1) is 8.07 Å². The largest absolute Gasteiger partial charge is 0.103 e. The van der Waals surface area contributed by atoms with Gasteiger partial charge < -0.3 is 0 Å². The lowest BCUT2D eigenvalue weighted by atomic mass is 10.2. The maximum absolute atomic E-state index is 3.88. The lowest BCUT2D eigenvalue weighted by molar-refractivity contribution is 0.792. The summed E-state index contributed by atoms with van der Waals surface area (Å²) < 4.78 is 0. The number of hydrogen-bond donors (Lipinski definition) is 0. The molecule has 0 aliphatic carbocycles. The van der Waals surface area contributed by atoms with Crippen LogP contribution in [0.2, 0.25) is 25.2 Å². The first-order valence-corrected chi connectivity index (χ1v) is 7.72. The molecule has 10 heavy (non-hydrogen) atoms. The van der Waals surface area contributed by atoms with Gasteiger partial charge in [-0.3, -0.25) is 0 Å². The topological polar surface area (TPSA) is 0 Å². The molecule has 0 aromatic carbocycles. The smallest absolute Gasteiger partial charge is 0.0513 e. The first-order valence-electron chi connectivity index (χ1n) is 4.15. The molecule has 0 rings (SSSR count). The van der Waals surface area contributed by atoms with Crippen LogP contribution in [0.4, 0.5) is 0 Å². The van der Waals surface area contributed by atoms with Crippen molar-refractivity contribution in [3.63, 3.8) is 0 Å². The van der Waals surface area contributed by atoms with Crippen molar-refractivity contribution in [2.24, 2.45) is 0 Å². The second-order valence-corrected chi connectivity index (χ2v) is 9.47. The zero-order chi connectivity index (χ0) is 8.20. The molecule has 0 aliphatic rings. The molecular formula is C9H20Si. The Morgan fingerprint density at radius 2 is 1.90 bits per heavy atom. The van der Waals surface area contributed by atoms with E-state index in [0.29, 0.717) is 0 Å². The van der Waals surface area contributed by atoms with Crippen molar-refractivity contribution in [1.82, 2.24) is 0 Å². The number of rotatable bonds is 4. The lowest BCUT2D eigenvalue weighted by Crippen LogP contribution is -2.26. The first-order chi connectivity index (χ1) is 4.52. The Morgan fingerprint density at radius 3 is 2.00 bits per heavy atom. The molecule has 1 atom stereocenters. The Hall–Kier alpha value is -0.0431. The SMILES string of the molecule is C=CC(CCC)[Si](C)(C)C. The summed E-state index contributed by atoms with van der Waals surface area (Å²) in [7, 11) is -0.926. The molecule has 0 amide bonds. The summed E-state index contributed by atoms with van der Waals surface area (Å²) in [6, 6.07) is 0. The van der Waals surface area contributed by atoms with Crippen LogP contribution in [0.3, 0.4) is 0 Å². The van der Waals surface area contributed by atoms with E-state index in [1.807, 2.05) is 0 Å². The van der Waals surface area contributed by atoms with Crippen molar-refractivity contribution < 1.29 is 0 Å². The zero-order valence-corrected chi connectivity index (χ0v) is 8.78. The van der Waals surface area contributed by atoms with Crippen LogP contribution in [0.5, 0.6) is 0 Å². The maximum Gasteiger partial charge on any atom is 0.0513 e. The monoisotopic (exact) mass is 156 g/mol. The molecule has 1 heteroatoms. The molecule has 0 radical (unpaired) electrons. The van der Waals surface area contributed by atoms with E-state index in [1.165, 1.54) is 12.8 Å². The van der Waals surface area contributed by atoms with Crippen LogP contribution in [0, 0.1) is 0 Å². The minimum Gasteiger partial charge on any atom is -0.103 e. The van der Waals surface area contributed by atoms with E-state index in [-0.39, 0.29) is 0 Å². The van der Waals surface area contributed by atoms with Gasteiger partial charge in [0.15, 0.2) is 0 Å². The standard InChI is InChI=1S/C9H20Si/c1-6-8-9(7-2)10(3,4)5/h7,9H,2,6,8H2,1,3-5H3. The van der Waals surface area contributed by atoms with Gasteiger partial charge in [0, 0.05) is 0 Å². The van der Waals surface area contributed by atoms with Gasteiger partial charge in [-0.25, -0.2) is 0 Å². The van der Waals surface area contributed by atoms with Crippen molar-refractivity contribution in [3.05, 3.63) is 12.7 Å². The molecule has 0 saturated heterocycles. The molecule has 0 aromatic rings. The molecule has 0 nitrogen and oxygen atoms in total. The van der Waals surface area contributed by atoms with Crippen LogP contribution in [0.15, 0.2) is 12.7 Å². The molecule has 0 N–H and O–H groups in total. The normalized spacial score (nSPS) is 14.8. The summed E-state index contributed by atoms with van der Waals surface area (Å²) in [5.74, 6) is 0. The van der Waals surface area contributed by atoms with Gasteiger partial charge >= 0.3 is 0 Å². The van der Waals surface area contributed by atoms with E-state index >= 15 is 0 Å². The highest BCUT2D eigenvalue weighted by atomic mass is 28.3. The van der Waals surface area contributed by atoms with Gasteiger partial charge in [0.2, 0.25) is 0 Å². The molecule has 60 valence electrons. The highest BCUT2D eigenvalue weighted by molar-refractivity contribution is 6.78. The summed E-state index contributed by atoms with van der Waals surface area (Å²) in [4.78, 5) is 0. The molecular weight excluding hydrogens is 136 g/mol. The average molecular weight is 156 g/mol. The van der Waals surface area contributed by atoms with Gasteiger partial charge in [0.1, 0.15) is 0 Å². The van der Waals surface area contributed by atoms with Gasteiger partial charge in [-0.2, -0.15) is 0 Å². The molecule has 0 aromatic heterocycles. The number of hydrogen-bond acceptors (Lipinski definition) is 0. The average Bonchev–Trinajstić information content (AvgIpc) is 1.80. The molecule has 0 bridgehead atoms. The first kappa shape index (κ1) is 9.96. The zero-order valence-electron chi connectivity index (χ0n) is 7.78. The third kappa shape index (κ3) is 3.21. The van der Waals surface area contributed by atoms with Crippen LogP contribution in [-0.2, 0) is 0 Å². The Labute approximate surface area is 66.4 Å². The Morgan fingerprint density at radius 1 is 1.40 bits per heavy atom. The third-order valence-electron chi connectivity index (χ3n) is 2.00. The molecule has 0 aliphatic heterocycles. The van der Waals surface area contributed by atoms with E-state index in [0.717, 1.165) is 5.54 Å². The molecule has 0 saturated carbocycles. The fourth-order valence-corrected chi connectivity index (χ4v) is 3.08. The van der Waals surface area contributed by atoms with Crippen molar-refractivity contribution in [2.75, 3.05) is 0 Å². The van der Waals surface area contributed by atoms with E-state index < -0.39 is 8.07 Å². The Kier molecular flexibility index (Phi) is 3.95. The summed E-state index contributed by atoms with van der Waals surface area (Å²) in [6.07, 6.45) is 4.77. The molecule has 0 heterocycles. The van der Waals surface area contributed by atoms with E-state index in [4.69, 9.17) is 0 Å². The Bertz CT molecular complexity index is 99.8. The molecule has 0 spiro atoms. The second-order valence-electron chi connectivity index (χ2n) is 4.00. The molecule has 0 fully saturated rings. The minimum absolute atomic E-state index is 0.817. The van der Waals surface area contributed by atoms with Crippen molar-refractivity contribution in [2.45, 2.75) is 44.9 Å². The van der Waals surface area contributed by atoms with Crippen LogP contribution in [0.1, 0.15) is 19.8 Å². The summed E-state index contributed by atoms with van der Waals surface area (Å²) in [6.45, 7) is 13.4. The van der Waals surface area contributed by atoms with Crippen molar-refractivity contribution in [1.29, 1.82) is 0 Å². The van der Waals surface area contributed by atoms with Gasteiger partial charge in [-0.15, -0.1) is 6.58 Å². The highest BCUT2D eigenvalue weighted by Crippen LogP contribution is 2.27. The lowest BCUT2D eigenvalue weighted by Gasteiger charge is -2.25. The van der Waals surface area contributed by atoms with E-state index in [1.54, 1.807) is 0 Å². The van der Waals surface area contributed by atoms with E-state index in [2.05, 4.69) is 39.2 Å². The maximum atomic E-state index is 3.88. The molecule has 1 unspecified atom stereocenters. The summed E-state index contributed by atoms with van der Waals surface area (Å²) >= 11 is 0. The van der Waals surface area contributed by atoms with Crippen LogP contribution in [-0.4, -0.2) is 8.07 Å². The number of allylic oxidation sites excluding steroid dienone is 1. The second kappa shape index (κ2) is 3.97. The van der Waals surface area contributed by atoms with Crippen molar-refractivity contribution >= 4 is 8.07 Å². The summed E-state index contributed by atoms with van der Waals surface area (Å²) in [5.41, 5.74) is 0.817. The van der Waals surface area contributed by atoms with Crippen LogP contribution in [0.25, 0.3) is 0 Å². The van der Waals surface area contributed by atoms with Gasteiger partial charge in [-0.05, 0) is 12.0 Å². The fourth-order valence-electron chi connectivity index (χ4n) is 1.22. The van der Waals surface area contributed by atoms with Crippen LogP contribution >= 0.6 is 0 Å². The Balaban J connectivity index is 3.93. The van der Waals surface area contributed by atoms with Crippen LogP contribution < -0.4 is 0 Å². The highest BCUT2D eigenvalue weighted by Gasteiger charge is 2.22. The third-order valence-corrected chi connectivity index (χ3v) is 4.75. The predicted molar refractivity (Wildman–Crippen MR) is 52.2 cm³/mol. The van der Waals surface area contributed by atoms with Crippen molar-refractivity contribution in [3.8, 4) is 0 Å². The predicted octanol–water partition coefficient (Wildman–Crippen LogP) is 3.68. The quantitative estimate of drug-likeness (QED) is 0.430. The van der Waals surface area contributed by atoms with E-state index in [9.17, 15) is 0 Å². The minimum atomic E-state index is -0.926. The van der Waals surface area contributed by atoms with Gasteiger partial charge in [-0.1, -0.05) is 39.1 Å². The van der Waals surface area contributed by atoms with Gasteiger partial charge in [0.25, 0.3) is 0 Å². The fraction of sp³-hybridized carbons (Fsp3) is 0.778.